The molecule has 0 saturated heterocycles. The fourth-order valence-electron chi connectivity index (χ4n) is 1.81. The lowest BCUT2D eigenvalue weighted by atomic mass is 9.86. The van der Waals surface area contributed by atoms with Gasteiger partial charge in [-0.2, -0.15) is 5.26 Å². The standard InChI is InChI=1S/C11H9F2NO2S/c12-9-3-2-8(6-10(9)13)17(15,16)11(7-14)4-1-5-11/h2-3,6H,1,4-5H2. The maximum absolute atomic E-state index is 13.0. The molecule has 6 heteroatoms. The molecule has 1 aliphatic rings. The molecule has 0 radical (unpaired) electrons. The second kappa shape index (κ2) is 3.77. The zero-order valence-electron chi connectivity index (χ0n) is 8.78. The molecule has 0 aromatic heterocycles. The molecular weight excluding hydrogens is 248 g/mol. The Bertz CT molecular complexity index is 600. The minimum atomic E-state index is -3.92. The van der Waals surface area contributed by atoms with E-state index in [9.17, 15) is 17.2 Å². The van der Waals surface area contributed by atoms with Gasteiger partial charge in [0.1, 0.15) is 0 Å². The molecule has 0 spiro atoms. The van der Waals surface area contributed by atoms with Gasteiger partial charge in [-0.15, -0.1) is 0 Å². The van der Waals surface area contributed by atoms with Crippen molar-refractivity contribution in [2.24, 2.45) is 0 Å². The van der Waals surface area contributed by atoms with Gasteiger partial charge in [0.05, 0.1) is 11.0 Å². The van der Waals surface area contributed by atoms with Gasteiger partial charge in [-0.1, -0.05) is 0 Å². The topological polar surface area (TPSA) is 57.9 Å². The van der Waals surface area contributed by atoms with Gasteiger partial charge in [-0.25, -0.2) is 17.2 Å². The Morgan fingerprint density at radius 3 is 2.29 bits per heavy atom. The lowest BCUT2D eigenvalue weighted by molar-refractivity contribution is 0.406. The largest absolute Gasteiger partial charge is 0.222 e. The summed E-state index contributed by atoms with van der Waals surface area (Å²) in [5, 5.41) is 8.96. The zero-order valence-corrected chi connectivity index (χ0v) is 9.60. The Morgan fingerprint density at radius 2 is 1.88 bits per heavy atom. The van der Waals surface area contributed by atoms with Crippen LogP contribution in [0.3, 0.4) is 0 Å². The van der Waals surface area contributed by atoms with Crippen LogP contribution in [0.4, 0.5) is 8.78 Å². The SMILES string of the molecule is N#CC1(S(=O)(=O)c2ccc(F)c(F)c2)CCC1. The molecular formula is C11H9F2NO2S. The number of hydrogen-bond donors (Lipinski definition) is 0. The monoisotopic (exact) mass is 257 g/mol. The molecule has 3 nitrogen and oxygen atoms in total. The third-order valence-corrected chi connectivity index (χ3v) is 5.48. The maximum atomic E-state index is 13.0. The first kappa shape index (κ1) is 12.0. The van der Waals surface area contributed by atoms with Gasteiger partial charge in [0, 0.05) is 0 Å². The van der Waals surface area contributed by atoms with Gasteiger partial charge in [0.25, 0.3) is 0 Å². The molecule has 0 amide bonds. The second-order valence-electron chi connectivity index (χ2n) is 4.04. The molecule has 0 heterocycles. The van der Waals surface area contributed by atoms with E-state index in [0.29, 0.717) is 12.5 Å². The van der Waals surface area contributed by atoms with Crippen molar-refractivity contribution in [3.8, 4) is 6.07 Å². The van der Waals surface area contributed by atoms with E-state index in [2.05, 4.69) is 0 Å². The van der Waals surface area contributed by atoms with Crippen LogP contribution in [-0.2, 0) is 9.84 Å². The van der Waals surface area contributed by atoms with Crippen LogP contribution in [0.5, 0.6) is 0 Å². The highest BCUT2D eigenvalue weighted by Crippen LogP contribution is 2.42. The second-order valence-corrected chi connectivity index (χ2v) is 6.30. The first-order chi connectivity index (χ1) is 7.93. The summed E-state index contributed by atoms with van der Waals surface area (Å²) in [5.74, 6) is -2.33. The van der Waals surface area contributed by atoms with Crippen molar-refractivity contribution in [2.45, 2.75) is 28.9 Å². The molecule has 0 bridgehead atoms. The Hall–Kier alpha value is -1.48. The molecule has 1 saturated carbocycles. The Balaban J connectivity index is 2.53. The van der Waals surface area contributed by atoms with Crippen molar-refractivity contribution in [3.63, 3.8) is 0 Å². The van der Waals surface area contributed by atoms with Gasteiger partial charge >= 0.3 is 0 Å². The summed E-state index contributed by atoms with van der Waals surface area (Å²) in [6.45, 7) is 0. The average molecular weight is 257 g/mol. The quantitative estimate of drug-likeness (QED) is 0.763. The summed E-state index contributed by atoms with van der Waals surface area (Å²) in [7, 11) is -3.92. The zero-order chi connectivity index (χ0) is 12.7. The van der Waals surface area contributed by atoms with Gasteiger partial charge in [-0.05, 0) is 37.5 Å². The highest BCUT2D eigenvalue weighted by atomic mass is 32.2. The summed E-state index contributed by atoms with van der Waals surface area (Å²) in [5.41, 5.74) is 0. The third kappa shape index (κ3) is 1.62. The highest BCUT2D eigenvalue weighted by Gasteiger charge is 2.50. The van der Waals surface area contributed by atoms with Crippen LogP contribution >= 0.6 is 0 Å². The minimum Gasteiger partial charge on any atom is -0.222 e. The van der Waals surface area contributed by atoms with E-state index < -0.39 is 26.2 Å². The van der Waals surface area contributed by atoms with E-state index in [0.717, 1.165) is 12.1 Å². The van der Waals surface area contributed by atoms with E-state index in [1.165, 1.54) is 0 Å². The molecule has 90 valence electrons. The van der Waals surface area contributed by atoms with Crippen molar-refractivity contribution < 1.29 is 17.2 Å². The Kier molecular flexibility index (Phi) is 2.66. The van der Waals surface area contributed by atoms with Gasteiger partial charge in [0.15, 0.2) is 26.2 Å². The molecule has 0 unspecified atom stereocenters. The lowest BCUT2D eigenvalue weighted by Crippen LogP contribution is -2.43. The van der Waals surface area contributed by atoms with Crippen LogP contribution in [-0.4, -0.2) is 13.2 Å². The average Bonchev–Trinajstić information content (AvgIpc) is 2.20. The predicted molar refractivity (Wildman–Crippen MR) is 55.7 cm³/mol. The summed E-state index contributed by atoms with van der Waals surface area (Å²) < 4.78 is 48.5. The van der Waals surface area contributed by atoms with Crippen LogP contribution in [0.1, 0.15) is 19.3 Å². The molecule has 1 aliphatic carbocycles. The van der Waals surface area contributed by atoms with Gasteiger partial charge in [0.2, 0.25) is 0 Å². The lowest BCUT2D eigenvalue weighted by Gasteiger charge is -2.34. The Labute approximate surface area is 97.6 Å². The molecule has 1 fully saturated rings. The van der Waals surface area contributed by atoms with Crippen molar-refractivity contribution in [1.82, 2.24) is 0 Å². The third-order valence-electron chi connectivity index (χ3n) is 3.08. The fourth-order valence-corrected chi connectivity index (χ4v) is 3.71. The van der Waals surface area contributed by atoms with Crippen LogP contribution in [0.25, 0.3) is 0 Å². The van der Waals surface area contributed by atoms with Crippen molar-refractivity contribution in [3.05, 3.63) is 29.8 Å². The highest BCUT2D eigenvalue weighted by molar-refractivity contribution is 7.93. The van der Waals surface area contributed by atoms with Crippen LogP contribution in [0.2, 0.25) is 0 Å². The van der Waals surface area contributed by atoms with Crippen molar-refractivity contribution >= 4 is 9.84 Å². The molecule has 17 heavy (non-hydrogen) atoms. The summed E-state index contributed by atoms with van der Waals surface area (Å²) in [6, 6.07) is 4.16. The number of sulfone groups is 1. The van der Waals surface area contributed by atoms with Crippen molar-refractivity contribution in [1.29, 1.82) is 5.26 Å². The van der Waals surface area contributed by atoms with Crippen LogP contribution < -0.4 is 0 Å². The predicted octanol–water partition coefficient (Wildman–Crippen LogP) is 2.18. The number of rotatable bonds is 2. The number of benzene rings is 1. The van der Waals surface area contributed by atoms with Crippen LogP contribution in [0, 0.1) is 23.0 Å². The molecule has 0 atom stereocenters. The van der Waals surface area contributed by atoms with Crippen molar-refractivity contribution in [2.75, 3.05) is 0 Å². The minimum absolute atomic E-state index is 0.241. The molecule has 2 rings (SSSR count). The van der Waals surface area contributed by atoms with E-state index in [-0.39, 0.29) is 17.7 Å². The Morgan fingerprint density at radius 1 is 1.24 bits per heavy atom. The fraction of sp³-hybridized carbons (Fsp3) is 0.364. The first-order valence-electron chi connectivity index (χ1n) is 5.04. The smallest absolute Gasteiger partial charge is 0.197 e. The number of nitrogens with zero attached hydrogens (tertiary/aromatic N) is 1. The van der Waals surface area contributed by atoms with Gasteiger partial charge < -0.3 is 0 Å². The summed E-state index contributed by atoms with van der Waals surface area (Å²) >= 11 is 0. The molecule has 1 aromatic rings. The molecule has 0 aliphatic heterocycles. The molecule has 0 N–H and O–H groups in total. The normalized spacial score (nSPS) is 18.2. The van der Waals surface area contributed by atoms with E-state index in [1.54, 1.807) is 6.07 Å². The summed E-state index contributed by atoms with van der Waals surface area (Å²) in [6.07, 6.45) is 1.13. The van der Waals surface area contributed by atoms with Gasteiger partial charge in [-0.3, -0.25) is 0 Å². The first-order valence-corrected chi connectivity index (χ1v) is 6.52. The molecule has 1 aromatic carbocycles. The number of halogens is 2. The van der Waals surface area contributed by atoms with E-state index >= 15 is 0 Å². The number of nitriles is 1. The van der Waals surface area contributed by atoms with Crippen LogP contribution in [0.15, 0.2) is 23.1 Å². The van der Waals surface area contributed by atoms with E-state index in [1.807, 2.05) is 0 Å². The van der Waals surface area contributed by atoms with E-state index in [4.69, 9.17) is 5.26 Å². The summed E-state index contributed by atoms with van der Waals surface area (Å²) in [4.78, 5) is -0.336. The number of hydrogen-bond acceptors (Lipinski definition) is 3. The maximum Gasteiger partial charge on any atom is 0.197 e.